The van der Waals surface area contributed by atoms with Gasteiger partial charge in [0.05, 0.1) is 16.6 Å². The van der Waals surface area contributed by atoms with Gasteiger partial charge in [0.1, 0.15) is 0 Å². The summed E-state index contributed by atoms with van der Waals surface area (Å²) in [5.41, 5.74) is -0.0794. The Labute approximate surface area is 136 Å². The number of carbonyl (C=O) groups excluding carboxylic acids is 1. The predicted molar refractivity (Wildman–Crippen MR) is 84.4 cm³/mol. The molecule has 1 aromatic carbocycles. The van der Waals surface area contributed by atoms with Crippen molar-refractivity contribution >= 4 is 28.8 Å². The van der Waals surface area contributed by atoms with E-state index >= 15 is 0 Å². The Morgan fingerprint density at radius 1 is 1.36 bits per heavy atom. The van der Waals surface area contributed by atoms with Gasteiger partial charge in [0, 0.05) is 11.4 Å². The van der Waals surface area contributed by atoms with E-state index in [-0.39, 0.29) is 16.6 Å². The van der Waals surface area contributed by atoms with Gasteiger partial charge >= 0.3 is 0 Å². The van der Waals surface area contributed by atoms with E-state index in [1.165, 1.54) is 0 Å². The standard InChI is InChI=1S/C15H15ClF2N2OS/c1-20(2)13(14-4-3-5-22-14)8-19-15(21)9-6-11(17)12(18)7-10(9)16/h3-7,13H,8H2,1-2H3,(H,19,21). The van der Waals surface area contributed by atoms with E-state index in [0.717, 1.165) is 17.0 Å². The van der Waals surface area contributed by atoms with Crippen LogP contribution in [0.2, 0.25) is 5.02 Å². The minimum absolute atomic E-state index is 0.00646. The van der Waals surface area contributed by atoms with Crippen LogP contribution in [0.25, 0.3) is 0 Å². The molecule has 2 aromatic rings. The minimum Gasteiger partial charge on any atom is -0.350 e. The normalized spacial score (nSPS) is 12.5. The monoisotopic (exact) mass is 344 g/mol. The van der Waals surface area contributed by atoms with Crippen molar-refractivity contribution in [3.63, 3.8) is 0 Å². The maximum Gasteiger partial charge on any atom is 0.252 e. The third kappa shape index (κ3) is 3.82. The van der Waals surface area contributed by atoms with E-state index in [1.54, 1.807) is 11.3 Å². The first-order chi connectivity index (χ1) is 10.4. The molecule has 7 heteroatoms. The van der Waals surface area contributed by atoms with Gasteiger partial charge in [0.25, 0.3) is 5.91 Å². The van der Waals surface area contributed by atoms with E-state index in [0.29, 0.717) is 6.54 Å². The molecule has 22 heavy (non-hydrogen) atoms. The van der Waals surface area contributed by atoms with Crippen LogP contribution >= 0.6 is 22.9 Å². The van der Waals surface area contributed by atoms with Gasteiger partial charge in [-0.15, -0.1) is 11.3 Å². The van der Waals surface area contributed by atoms with E-state index < -0.39 is 17.5 Å². The Balaban J connectivity index is 2.10. The molecule has 1 atom stereocenters. The minimum atomic E-state index is -1.10. The highest BCUT2D eigenvalue weighted by Gasteiger charge is 2.19. The van der Waals surface area contributed by atoms with Gasteiger partial charge in [-0.3, -0.25) is 4.79 Å². The van der Waals surface area contributed by atoms with Gasteiger partial charge in [0.2, 0.25) is 0 Å². The fraction of sp³-hybridized carbons (Fsp3) is 0.267. The number of hydrogen-bond donors (Lipinski definition) is 1. The highest BCUT2D eigenvalue weighted by atomic mass is 35.5. The molecule has 1 amide bonds. The summed E-state index contributed by atoms with van der Waals surface area (Å²) in [6, 6.07) is 5.52. The summed E-state index contributed by atoms with van der Waals surface area (Å²) in [7, 11) is 3.81. The third-order valence-corrected chi connectivity index (χ3v) is 4.49. The van der Waals surface area contributed by atoms with Crippen molar-refractivity contribution in [2.24, 2.45) is 0 Å². The van der Waals surface area contributed by atoms with Crippen LogP contribution in [0, 0.1) is 11.6 Å². The summed E-state index contributed by atoms with van der Waals surface area (Å²) in [6.45, 7) is 0.335. The molecule has 1 unspecified atom stereocenters. The zero-order valence-electron chi connectivity index (χ0n) is 12.1. The molecule has 3 nitrogen and oxygen atoms in total. The Hall–Kier alpha value is -1.50. The molecular formula is C15H15ClF2N2OS. The molecule has 1 N–H and O–H groups in total. The summed E-state index contributed by atoms with van der Waals surface area (Å²) >= 11 is 7.38. The van der Waals surface area contributed by atoms with Crippen molar-refractivity contribution in [1.82, 2.24) is 10.2 Å². The number of hydrogen-bond acceptors (Lipinski definition) is 3. The molecule has 0 saturated carbocycles. The van der Waals surface area contributed by atoms with Crippen molar-refractivity contribution in [1.29, 1.82) is 0 Å². The molecule has 0 aliphatic heterocycles. The van der Waals surface area contributed by atoms with Crippen molar-refractivity contribution in [2.45, 2.75) is 6.04 Å². The van der Waals surface area contributed by atoms with Crippen molar-refractivity contribution < 1.29 is 13.6 Å². The third-order valence-electron chi connectivity index (χ3n) is 3.21. The fourth-order valence-electron chi connectivity index (χ4n) is 2.00. The molecule has 2 rings (SSSR count). The van der Waals surface area contributed by atoms with Crippen LogP contribution in [-0.4, -0.2) is 31.4 Å². The van der Waals surface area contributed by atoms with Gasteiger partial charge in [0.15, 0.2) is 11.6 Å². The molecule has 0 aliphatic rings. The molecule has 0 saturated heterocycles. The highest BCUT2D eigenvalue weighted by Crippen LogP contribution is 2.23. The summed E-state index contributed by atoms with van der Waals surface area (Å²) in [6.07, 6.45) is 0. The van der Waals surface area contributed by atoms with Crippen molar-refractivity contribution in [2.75, 3.05) is 20.6 Å². The predicted octanol–water partition coefficient (Wildman–Crippen LogP) is 3.71. The Kier molecular flexibility index (Phi) is 5.50. The maximum atomic E-state index is 13.2. The number of amides is 1. The zero-order chi connectivity index (χ0) is 16.3. The van der Waals surface area contributed by atoms with Gasteiger partial charge in [-0.1, -0.05) is 17.7 Å². The largest absolute Gasteiger partial charge is 0.350 e. The number of nitrogens with zero attached hydrogens (tertiary/aromatic N) is 1. The van der Waals surface area contributed by atoms with Crippen molar-refractivity contribution in [3.05, 3.63) is 56.7 Å². The average Bonchev–Trinajstić information content (AvgIpc) is 2.96. The number of likely N-dealkylation sites (N-methyl/N-ethyl adjacent to an activating group) is 1. The van der Waals surface area contributed by atoms with Crippen LogP contribution in [0.5, 0.6) is 0 Å². The molecule has 0 radical (unpaired) electrons. The lowest BCUT2D eigenvalue weighted by Gasteiger charge is -2.23. The number of nitrogens with one attached hydrogen (secondary N) is 1. The lowest BCUT2D eigenvalue weighted by atomic mass is 10.1. The van der Waals surface area contributed by atoms with Crippen LogP contribution in [0.1, 0.15) is 21.3 Å². The molecule has 1 aromatic heterocycles. The average molecular weight is 345 g/mol. The Bertz CT molecular complexity index is 662. The second-order valence-corrected chi connectivity index (χ2v) is 6.34. The van der Waals surface area contributed by atoms with Crippen LogP contribution in [0.15, 0.2) is 29.6 Å². The van der Waals surface area contributed by atoms with E-state index in [1.807, 2.05) is 36.5 Å². The Morgan fingerprint density at radius 2 is 2.05 bits per heavy atom. The lowest BCUT2D eigenvalue weighted by Crippen LogP contribution is -2.34. The van der Waals surface area contributed by atoms with Crippen LogP contribution in [-0.2, 0) is 0 Å². The molecule has 0 aliphatic carbocycles. The number of rotatable bonds is 5. The summed E-state index contributed by atoms with van der Waals surface area (Å²) in [5, 5.41) is 4.55. The van der Waals surface area contributed by atoms with Crippen LogP contribution < -0.4 is 5.32 Å². The summed E-state index contributed by atoms with van der Waals surface area (Å²) < 4.78 is 26.3. The van der Waals surface area contributed by atoms with Gasteiger partial charge in [-0.05, 0) is 37.7 Å². The first-order valence-corrected chi connectivity index (χ1v) is 7.78. The molecule has 118 valence electrons. The number of benzene rings is 1. The lowest BCUT2D eigenvalue weighted by molar-refractivity contribution is 0.0942. The van der Waals surface area contributed by atoms with Crippen molar-refractivity contribution in [3.8, 4) is 0 Å². The molecule has 1 heterocycles. The van der Waals surface area contributed by atoms with Gasteiger partial charge in [-0.2, -0.15) is 0 Å². The number of carbonyl (C=O) groups is 1. The second kappa shape index (κ2) is 7.17. The Morgan fingerprint density at radius 3 is 2.64 bits per heavy atom. The molecule has 0 fully saturated rings. The quantitative estimate of drug-likeness (QED) is 0.839. The molecular weight excluding hydrogens is 330 g/mol. The van der Waals surface area contributed by atoms with Gasteiger partial charge in [-0.25, -0.2) is 8.78 Å². The highest BCUT2D eigenvalue weighted by molar-refractivity contribution is 7.10. The smallest absolute Gasteiger partial charge is 0.252 e. The van der Waals surface area contributed by atoms with Crippen LogP contribution in [0.3, 0.4) is 0 Å². The zero-order valence-corrected chi connectivity index (χ0v) is 13.6. The SMILES string of the molecule is CN(C)C(CNC(=O)c1cc(F)c(F)cc1Cl)c1cccs1. The summed E-state index contributed by atoms with van der Waals surface area (Å²) in [5.74, 6) is -2.71. The van der Waals surface area contributed by atoms with E-state index in [2.05, 4.69) is 5.32 Å². The fourth-order valence-corrected chi connectivity index (χ4v) is 3.16. The first-order valence-electron chi connectivity index (χ1n) is 6.52. The van der Waals surface area contributed by atoms with E-state index in [9.17, 15) is 13.6 Å². The maximum absolute atomic E-state index is 13.2. The first kappa shape index (κ1) is 16.9. The van der Waals surface area contributed by atoms with Crippen LogP contribution in [0.4, 0.5) is 8.78 Å². The summed E-state index contributed by atoms with van der Waals surface area (Å²) in [4.78, 5) is 15.2. The molecule has 0 bridgehead atoms. The van der Waals surface area contributed by atoms with Gasteiger partial charge < -0.3 is 10.2 Å². The second-order valence-electron chi connectivity index (χ2n) is 4.95. The molecule has 0 spiro atoms. The topological polar surface area (TPSA) is 32.3 Å². The van der Waals surface area contributed by atoms with E-state index in [4.69, 9.17) is 11.6 Å². The number of halogens is 3. The number of thiophene rings is 1.